The van der Waals surface area contributed by atoms with Gasteiger partial charge in [0, 0.05) is 32.2 Å². The number of piperazine rings is 1. The van der Waals surface area contributed by atoms with E-state index in [9.17, 15) is 4.39 Å². The third-order valence-corrected chi connectivity index (χ3v) is 3.86. The number of nitrogens with zero attached hydrogens (tertiary/aromatic N) is 1. The van der Waals surface area contributed by atoms with Crippen molar-refractivity contribution in [3.63, 3.8) is 0 Å². The monoisotopic (exact) mass is 336 g/mol. The van der Waals surface area contributed by atoms with E-state index >= 15 is 0 Å². The van der Waals surface area contributed by atoms with Gasteiger partial charge in [-0.1, -0.05) is 26.0 Å². The number of benzene rings is 1. The summed E-state index contributed by atoms with van der Waals surface area (Å²) in [4.78, 5) is 2.53. The molecule has 1 N–H and O–H groups in total. The van der Waals surface area contributed by atoms with Gasteiger partial charge >= 0.3 is 0 Å². The van der Waals surface area contributed by atoms with Crippen LogP contribution in [0.1, 0.15) is 38.3 Å². The van der Waals surface area contributed by atoms with Gasteiger partial charge in [-0.2, -0.15) is 0 Å². The molecule has 0 unspecified atom stereocenters. The minimum Gasteiger partial charge on any atom is -0.314 e. The van der Waals surface area contributed by atoms with Gasteiger partial charge in [0.25, 0.3) is 0 Å². The Kier molecular flexibility index (Phi) is 10.2. The summed E-state index contributed by atoms with van der Waals surface area (Å²) in [5.74, 6) is 0.567. The smallest absolute Gasteiger partial charge is 0.123 e. The van der Waals surface area contributed by atoms with Crippen LogP contribution in [-0.2, 0) is 0 Å². The van der Waals surface area contributed by atoms with Crippen LogP contribution in [0.5, 0.6) is 0 Å². The summed E-state index contributed by atoms with van der Waals surface area (Å²) in [6.07, 6.45) is 2.37. The van der Waals surface area contributed by atoms with Gasteiger partial charge in [0.15, 0.2) is 0 Å². The highest BCUT2D eigenvalue weighted by atomic mass is 35.5. The predicted molar refractivity (Wildman–Crippen MR) is 92.2 cm³/mol. The van der Waals surface area contributed by atoms with Crippen LogP contribution in [0, 0.1) is 11.7 Å². The second-order valence-electron chi connectivity index (χ2n) is 5.82. The third-order valence-electron chi connectivity index (χ3n) is 3.86. The first-order chi connectivity index (χ1) is 9.16. The molecule has 2 nitrogen and oxygen atoms in total. The topological polar surface area (TPSA) is 15.3 Å². The summed E-state index contributed by atoms with van der Waals surface area (Å²) in [5, 5.41) is 3.39. The van der Waals surface area contributed by atoms with E-state index in [1.54, 1.807) is 12.1 Å². The molecule has 0 bridgehead atoms. The average molecular weight is 337 g/mol. The van der Waals surface area contributed by atoms with Crippen LogP contribution >= 0.6 is 24.8 Å². The van der Waals surface area contributed by atoms with Gasteiger partial charge in [0.05, 0.1) is 0 Å². The van der Waals surface area contributed by atoms with E-state index < -0.39 is 0 Å². The lowest BCUT2D eigenvalue weighted by Gasteiger charge is -2.35. The Labute approximate surface area is 140 Å². The first-order valence-electron chi connectivity index (χ1n) is 7.37. The Bertz CT molecular complexity index is 378. The first-order valence-corrected chi connectivity index (χ1v) is 7.37. The summed E-state index contributed by atoms with van der Waals surface area (Å²) >= 11 is 0. The van der Waals surface area contributed by atoms with Crippen molar-refractivity contribution in [1.82, 2.24) is 10.2 Å². The van der Waals surface area contributed by atoms with Crippen molar-refractivity contribution >= 4 is 24.8 Å². The molecule has 1 aromatic carbocycles. The Morgan fingerprint density at radius 2 is 1.62 bits per heavy atom. The number of hydrogen-bond donors (Lipinski definition) is 1. The van der Waals surface area contributed by atoms with Crippen LogP contribution in [0.3, 0.4) is 0 Å². The van der Waals surface area contributed by atoms with Crippen LogP contribution in [0.15, 0.2) is 24.3 Å². The molecule has 1 heterocycles. The molecule has 2 rings (SSSR count). The quantitative estimate of drug-likeness (QED) is 0.872. The van der Waals surface area contributed by atoms with Crippen LogP contribution < -0.4 is 5.32 Å². The summed E-state index contributed by atoms with van der Waals surface area (Å²) in [6, 6.07) is 7.50. The molecule has 0 spiro atoms. The Morgan fingerprint density at radius 1 is 1.05 bits per heavy atom. The molecule has 1 fully saturated rings. The van der Waals surface area contributed by atoms with Gasteiger partial charge < -0.3 is 5.32 Å². The maximum Gasteiger partial charge on any atom is 0.123 e. The molecule has 1 atom stereocenters. The number of halogens is 3. The molecule has 1 aliphatic rings. The zero-order chi connectivity index (χ0) is 13.7. The summed E-state index contributed by atoms with van der Waals surface area (Å²) in [5.41, 5.74) is 1.25. The van der Waals surface area contributed by atoms with Crippen molar-refractivity contribution in [2.45, 2.75) is 32.7 Å². The predicted octanol–water partition coefficient (Wildman–Crippen LogP) is 4.05. The fourth-order valence-electron chi connectivity index (χ4n) is 2.73. The van der Waals surface area contributed by atoms with Crippen LogP contribution in [0.4, 0.5) is 4.39 Å². The van der Waals surface area contributed by atoms with Gasteiger partial charge in [-0.3, -0.25) is 4.90 Å². The standard InChI is InChI=1S/C16H25FN2.2ClH/c1-13(2)3-8-16(19-11-9-18-10-12-19)14-4-6-15(17)7-5-14;;/h4-7,13,16,18H,3,8-12H2,1-2H3;2*1H/t16-;;/m0../s1. The lowest BCUT2D eigenvalue weighted by Crippen LogP contribution is -2.45. The summed E-state index contributed by atoms with van der Waals surface area (Å²) in [6.45, 7) is 8.80. The van der Waals surface area contributed by atoms with Crippen molar-refractivity contribution in [2.75, 3.05) is 26.2 Å². The fourth-order valence-corrected chi connectivity index (χ4v) is 2.73. The van der Waals surface area contributed by atoms with E-state index in [1.807, 2.05) is 12.1 Å². The highest BCUT2D eigenvalue weighted by molar-refractivity contribution is 5.85. The molecule has 1 saturated heterocycles. The third kappa shape index (κ3) is 6.52. The molecule has 0 aliphatic carbocycles. The molecular formula is C16H27Cl2FN2. The van der Waals surface area contributed by atoms with Crippen LogP contribution in [-0.4, -0.2) is 31.1 Å². The Hall–Kier alpha value is -0.350. The van der Waals surface area contributed by atoms with Crippen molar-refractivity contribution in [1.29, 1.82) is 0 Å². The Morgan fingerprint density at radius 3 is 2.14 bits per heavy atom. The van der Waals surface area contributed by atoms with Crippen LogP contribution in [0.2, 0.25) is 0 Å². The Balaban J connectivity index is 0.00000200. The zero-order valence-corrected chi connectivity index (χ0v) is 14.5. The molecule has 1 aromatic rings. The molecular weight excluding hydrogens is 310 g/mol. The highest BCUT2D eigenvalue weighted by Gasteiger charge is 2.22. The van der Waals surface area contributed by atoms with Crippen molar-refractivity contribution < 1.29 is 4.39 Å². The number of nitrogens with one attached hydrogen (secondary N) is 1. The van der Waals surface area contributed by atoms with E-state index in [-0.39, 0.29) is 30.6 Å². The zero-order valence-electron chi connectivity index (χ0n) is 12.8. The molecule has 0 amide bonds. The molecule has 21 heavy (non-hydrogen) atoms. The molecule has 0 radical (unpaired) electrons. The summed E-state index contributed by atoms with van der Waals surface area (Å²) in [7, 11) is 0. The maximum absolute atomic E-state index is 13.1. The van der Waals surface area contributed by atoms with Crippen molar-refractivity contribution in [3.8, 4) is 0 Å². The molecule has 0 aromatic heterocycles. The lowest BCUT2D eigenvalue weighted by molar-refractivity contribution is 0.159. The number of hydrogen-bond acceptors (Lipinski definition) is 2. The highest BCUT2D eigenvalue weighted by Crippen LogP contribution is 2.27. The van der Waals surface area contributed by atoms with Gasteiger partial charge in [0.1, 0.15) is 5.82 Å². The second-order valence-corrected chi connectivity index (χ2v) is 5.82. The van der Waals surface area contributed by atoms with E-state index in [1.165, 1.54) is 12.0 Å². The summed E-state index contributed by atoms with van der Waals surface area (Å²) < 4.78 is 13.1. The largest absolute Gasteiger partial charge is 0.314 e. The van der Waals surface area contributed by atoms with Crippen LogP contribution in [0.25, 0.3) is 0 Å². The second kappa shape index (κ2) is 10.4. The molecule has 0 saturated carbocycles. The number of rotatable bonds is 5. The van der Waals surface area contributed by atoms with Crippen molar-refractivity contribution in [3.05, 3.63) is 35.6 Å². The van der Waals surface area contributed by atoms with E-state index in [2.05, 4.69) is 24.1 Å². The molecule has 1 aliphatic heterocycles. The van der Waals surface area contributed by atoms with E-state index in [4.69, 9.17) is 0 Å². The minimum absolute atomic E-state index is 0. The van der Waals surface area contributed by atoms with Gasteiger partial charge in [-0.05, 0) is 36.5 Å². The molecule has 122 valence electrons. The van der Waals surface area contributed by atoms with Gasteiger partial charge in [-0.25, -0.2) is 4.39 Å². The normalized spacial score (nSPS) is 17.0. The van der Waals surface area contributed by atoms with E-state index in [0.717, 1.165) is 32.6 Å². The van der Waals surface area contributed by atoms with Gasteiger partial charge in [0.2, 0.25) is 0 Å². The molecule has 5 heteroatoms. The minimum atomic E-state index is -0.147. The fraction of sp³-hybridized carbons (Fsp3) is 0.625. The maximum atomic E-state index is 13.1. The van der Waals surface area contributed by atoms with E-state index in [0.29, 0.717) is 12.0 Å². The SMILES string of the molecule is CC(C)CC[C@@H](c1ccc(F)cc1)N1CCNCC1.Cl.Cl. The first kappa shape index (κ1) is 20.6. The van der Waals surface area contributed by atoms with Crippen molar-refractivity contribution in [2.24, 2.45) is 5.92 Å². The van der Waals surface area contributed by atoms with Gasteiger partial charge in [-0.15, -0.1) is 24.8 Å². The average Bonchev–Trinajstić information content (AvgIpc) is 2.42. The lowest BCUT2D eigenvalue weighted by atomic mass is 9.96.